The number of amides is 1. The van der Waals surface area contributed by atoms with Crippen LogP contribution in [-0.2, 0) is 0 Å². The lowest BCUT2D eigenvalue weighted by Gasteiger charge is -2.12. The van der Waals surface area contributed by atoms with E-state index in [0.29, 0.717) is 22.0 Å². The van der Waals surface area contributed by atoms with Crippen LogP contribution >= 0.6 is 46.1 Å². The van der Waals surface area contributed by atoms with Crippen LogP contribution in [0.5, 0.6) is 5.75 Å². The van der Waals surface area contributed by atoms with Crippen molar-refractivity contribution in [2.24, 2.45) is 0 Å². The van der Waals surface area contributed by atoms with E-state index in [1.165, 1.54) is 30.6 Å². The highest BCUT2D eigenvalue weighted by atomic mass is 35.5. The van der Waals surface area contributed by atoms with Gasteiger partial charge >= 0.3 is 0 Å². The number of nitrogens with zero attached hydrogens (tertiary/aromatic N) is 1. The molecule has 4 nitrogen and oxygen atoms in total. The number of halogens is 3. The van der Waals surface area contributed by atoms with Crippen LogP contribution in [0, 0.1) is 0 Å². The molecule has 1 aromatic heterocycles. The van der Waals surface area contributed by atoms with Gasteiger partial charge in [-0.15, -0.1) is 11.3 Å². The minimum absolute atomic E-state index is 0.257. The Kier molecular flexibility index (Phi) is 5.65. The molecule has 1 heterocycles. The monoisotopic (exact) mass is 462 g/mol. The minimum Gasteiger partial charge on any atom is -0.494 e. The molecular formula is C21H13Cl3N2O2S. The quantitative estimate of drug-likeness (QED) is 0.348. The molecule has 4 aromatic rings. The summed E-state index contributed by atoms with van der Waals surface area (Å²) in [6, 6.07) is 16.1. The Morgan fingerprint density at radius 1 is 1.03 bits per heavy atom. The van der Waals surface area contributed by atoms with E-state index in [0.717, 1.165) is 20.8 Å². The molecular weight excluding hydrogens is 451 g/mol. The maximum atomic E-state index is 12.8. The van der Waals surface area contributed by atoms with E-state index in [4.69, 9.17) is 39.5 Å². The van der Waals surface area contributed by atoms with Crippen molar-refractivity contribution >= 4 is 68.0 Å². The SMILES string of the molecule is COc1c(Cl)cc(C(=O)Nc2ccc(Cl)cc2-c2nc3ccccc3s2)cc1Cl. The standard InChI is InChI=1S/C21H13Cl3N2O2S/c1-28-19-14(23)8-11(9-15(19)24)20(27)25-16-7-6-12(22)10-13(16)21-26-17-4-2-3-5-18(17)29-21/h2-10H,1H3,(H,25,27). The van der Waals surface area contributed by atoms with Gasteiger partial charge in [-0.1, -0.05) is 46.9 Å². The van der Waals surface area contributed by atoms with Crippen molar-refractivity contribution in [3.05, 3.63) is 75.2 Å². The molecule has 0 saturated carbocycles. The number of hydrogen-bond acceptors (Lipinski definition) is 4. The van der Waals surface area contributed by atoms with Crippen molar-refractivity contribution in [1.29, 1.82) is 0 Å². The number of rotatable bonds is 4. The molecule has 29 heavy (non-hydrogen) atoms. The molecule has 146 valence electrons. The Balaban J connectivity index is 1.72. The second kappa shape index (κ2) is 8.20. The van der Waals surface area contributed by atoms with Gasteiger partial charge in [-0.2, -0.15) is 0 Å². The van der Waals surface area contributed by atoms with Gasteiger partial charge in [0.25, 0.3) is 5.91 Å². The largest absolute Gasteiger partial charge is 0.494 e. The Bertz CT molecular complexity index is 1180. The average Bonchev–Trinajstić information content (AvgIpc) is 3.13. The van der Waals surface area contributed by atoms with Crippen LogP contribution < -0.4 is 10.1 Å². The number of benzene rings is 3. The molecule has 3 aromatic carbocycles. The van der Waals surface area contributed by atoms with Crippen LogP contribution in [0.3, 0.4) is 0 Å². The summed E-state index contributed by atoms with van der Waals surface area (Å²) >= 11 is 20.1. The number of nitrogens with one attached hydrogen (secondary N) is 1. The minimum atomic E-state index is -0.360. The van der Waals surface area contributed by atoms with Crippen LogP contribution in [-0.4, -0.2) is 18.0 Å². The van der Waals surface area contributed by atoms with Crippen molar-refractivity contribution in [3.63, 3.8) is 0 Å². The fraction of sp³-hybridized carbons (Fsp3) is 0.0476. The van der Waals surface area contributed by atoms with Gasteiger partial charge in [0.05, 0.1) is 33.1 Å². The van der Waals surface area contributed by atoms with E-state index in [1.54, 1.807) is 18.2 Å². The molecule has 0 fully saturated rings. The Labute approximate surface area is 186 Å². The van der Waals surface area contributed by atoms with Gasteiger partial charge in [-0.25, -0.2) is 4.98 Å². The Morgan fingerprint density at radius 3 is 2.45 bits per heavy atom. The normalized spacial score (nSPS) is 10.9. The molecule has 0 radical (unpaired) electrons. The number of fused-ring (bicyclic) bond motifs is 1. The van der Waals surface area contributed by atoms with E-state index in [1.807, 2.05) is 24.3 Å². The van der Waals surface area contributed by atoms with Gasteiger partial charge in [0.1, 0.15) is 5.01 Å². The number of para-hydroxylation sites is 1. The van der Waals surface area contributed by atoms with E-state index < -0.39 is 0 Å². The summed E-state index contributed by atoms with van der Waals surface area (Å²) in [5, 5.41) is 4.72. The van der Waals surface area contributed by atoms with Crippen LogP contribution in [0.25, 0.3) is 20.8 Å². The predicted octanol–water partition coefficient (Wildman–Crippen LogP) is 7.18. The number of ether oxygens (including phenoxy) is 1. The van der Waals surface area contributed by atoms with E-state index >= 15 is 0 Å². The number of hydrogen-bond donors (Lipinski definition) is 1. The van der Waals surface area contributed by atoms with Gasteiger partial charge in [0.2, 0.25) is 0 Å². The van der Waals surface area contributed by atoms with Gasteiger partial charge < -0.3 is 10.1 Å². The third kappa shape index (κ3) is 4.05. The first-order valence-corrected chi connectivity index (χ1v) is 10.4. The number of methoxy groups -OCH3 is 1. The maximum absolute atomic E-state index is 12.8. The third-order valence-electron chi connectivity index (χ3n) is 4.22. The van der Waals surface area contributed by atoms with Crippen molar-refractivity contribution < 1.29 is 9.53 Å². The fourth-order valence-electron chi connectivity index (χ4n) is 2.87. The van der Waals surface area contributed by atoms with Crippen molar-refractivity contribution in [3.8, 4) is 16.3 Å². The molecule has 0 saturated heterocycles. The molecule has 0 aliphatic rings. The molecule has 0 spiro atoms. The van der Waals surface area contributed by atoms with Gasteiger partial charge in [-0.3, -0.25) is 4.79 Å². The molecule has 8 heteroatoms. The smallest absolute Gasteiger partial charge is 0.255 e. The van der Waals surface area contributed by atoms with E-state index in [-0.39, 0.29) is 16.0 Å². The maximum Gasteiger partial charge on any atom is 0.255 e. The molecule has 1 N–H and O–H groups in total. The number of thiazole rings is 1. The number of carbonyl (C=O) groups is 1. The first-order chi connectivity index (χ1) is 14.0. The van der Waals surface area contributed by atoms with Crippen LogP contribution in [0.15, 0.2) is 54.6 Å². The number of carbonyl (C=O) groups excluding carboxylic acids is 1. The Hall–Kier alpha value is -2.31. The molecule has 0 unspecified atom stereocenters. The molecule has 0 bridgehead atoms. The van der Waals surface area contributed by atoms with Gasteiger partial charge in [0.15, 0.2) is 5.75 Å². The highest BCUT2D eigenvalue weighted by Gasteiger charge is 2.17. The predicted molar refractivity (Wildman–Crippen MR) is 121 cm³/mol. The second-order valence-electron chi connectivity index (χ2n) is 6.10. The van der Waals surface area contributed by atoms with Crippen LogP contribution in [0.1, 0.15) is 10.4 Å². The zero-order chi connectivity index (χ0) is 20.5. The second-order valence-corrected chi connectivity index (χ2v) is 8.39. The first kappa shape index (κ1) is 20.0. The van der Waals surface area contributed by atoms with Crippen LogP contribution in [0.4, 0.5) is 5.69 Å². The molecule has 1 amide bonds. The average molecular weight is 464 g/mol. The number of anilines is 1. The zero-order valence-electron chi connectivity index (χ0n) is 15.0. The van der Waals surface area contributed by atoms with Crippen LogP contribution in [0.2, 0.25) is 15.1 Å². The molecule has 0 aliphatic heterocycles. The lowest BCUT2D eigenvalue weighted by Crippen LogP contribution is -2.13. The van der Waals surface area contributed by atoms with Gasteiger partial charge in [0, 0.05) is 16.1 Å². The lowest BCUT2D eigenvalue weighted by atomic mass is 10.1. The third-order valence-corrected chi connectivity index (χ3v) is 6.08. The van der Waals surface area contributed by atoms with Crippen molar-refractivity contribution in [2.45, 2.75) is 0 Å². The highest BCUT2D eigenvalue weighted by Crippen LogP contribution is 2.37. The summed E-state index contributed by atoms with van der Waals surface area (Å²) in [4.78, 5) is 17.5. The van der Waals surface area contributed by atoms with Crippen molar-refractivity contribution in [2.75, 3.05) is 12.4 Å². The molecule has 0 atom stereocenters. The van der Waals surface area contributed by atoms with E-state index in [9.17, 15) is 4.79 Å². The van der Waals surface area contributed by atoms with Crippen molar-refractivity contribution in [1.82, 2.24) is 4.98 Å². The van der Waals surface area contributed by atoms with Gasteiger partial charge in [-0.05, 0) is 42.5 Å². The van der Waals surface area contributed by atoms with E-state index in [2.05, 4.69) is 10.3 Å². The summed E-state index contributed by atoms with van der Waals surface area (Å²) in [5.74, 6) is -0.0346. The topological polar surface area (TPSA) is 51.2 Å². The summed E-state index contributed by atoms with van der Waals surface area (Å²) in [7, 11) is 1.46. The Morgan fingerprint density at radius 2 is 1.76 bits per heavy atom. The summed E-state index contributed by atoms with van der Waals surface area (Å²) in [6.45, 7) is 0. The number of aromatic nitrogens is 1. The summed E-state index contributed by atoms with van der Waals surface area (Å²) < 4.78 is 6.18. The molecule has 0 aliphatic carbocycles. The first-order valence-electron chi connectivity index (χ1n) is 8.46. The fourth-order valence-corrected chi connectivity index (χ4v) is 4.68. The summed E-state index contributed by atoms with van der Waals surface area (Å²) in [5.41, 5.74) is 2.52. The highest BCUT2D eigenvalue weighted by molar-refractivity contribution is 7.21. The zero-order valence-corrected chi connectivity index (χ0v) is 18.1. The molecule has 4 rings (SSSR count). The lowest BCUT2D eigenvalue weighted by molar-refractivity contribution is 0.102. The summed E-state index contributed by atoms with van der Waals surface area (Å²) in [6.07, 6.45) is 0.